The molecular weight excluding hydrogens is 166 g/mol. The number of hydrogen-bond donors (Lipinski definition) is 0. The first-order valence-electron chi connectivity index (χ1n) is 3.78. The summed E-state index contributed by atoms with van der Waals surface area (Å²) in [6.07, 6.45) is 0.159. The molecule has 0 aliphatic heterocycles. The van der Waals surface area contributed by atoms with Crippen LogP contribution < -0.4 is 0 Å². The van der Waals surface area contributed by atoms with Crippen LogP contribution in [0.5, 0.6) is 0 Å². The second kappa shape index (κ2) is 7.00. The van der Waals surface area contributed by atoms with E-state index in [4.69, 9.17) is 0 Å². The first-order chi connectivity index (χ1) is 5.54. The average Bonchev–Trinajstić information content (AvgIpc) is 2.08. The maximum Gasteiger partial charge on any atom is 0.343 e. The Morgan fingerprint density at radius 1 is 1.42 bits per heavy atom. The molecule has 0 bridgehead atoms. The summed E-state index contributed by atoms with van der Waals surface area (Å²) >= 11 is 0. The third kappa shape index (κ3) is 5.04. The van der Waals surface area contributed by atoms with E-state index < -0.39 is 11.6 Å². The zero-order chi connectivity index (χ0) is 10.2. The van der Waals surface area contributed by atoms with Gasteiger partial charge in [-0.05, 0) is 20.3 Å². The maximum absolute atomic E-state index is 12.9. The third-order valence-electron chi connectivity index (χ3n) is 1.37. The Morgan fingerprint density at radius 2 is 1.83 bits per heavy atom. The molecule has 1 unspecified atom stereocenters. The predicted molar refractivity (Wildman–Crippen MR) is 43.5 cm³/mol. The van der Waals surface area contributed by atoms with Gasteiger partial charge in [0.05, 0.1) is 13.8 Å². The van der Waals surface area contributed by atoms with Crippen molar-refractivity contribution in [3.8, 4) is 0 Å². The molecule has 0 heterocycles. The Morgan fingerprint density at radius 3 is 2.08 bits per heavy atom. The van der Waals surface area contributed by atoms with Gasteiger partial charge in [-0.15, -0.1) is 0 Å². The standard InChI is InChI=1S/C7H13FO2.CH3F/c1-4-7(3,8)6(9)10-5-2;1-2/h4-5H2,1-3H3;1H3. The molecule has 0 saturated heterocycles. The fourth-order valence-electron chi connectivity index (χ4n) is 0.426. The predicted octanol–water partition coefficient (Wildman–Crippen LogP) is 2.27. The summed E-state index contributed by atoms with van der Waals surface area (Å²) in [6.45, 7) is 4.73. The Balaban J connectivity index is 0. The molecule has 74 valence electrons. The van der Waals surface area contributed by atoms with Gasteiger partial charge in [-0.25, -0.2) is 9.18 Å². The SMILES string of the molecule is CCOC(=O)C(C)(F)CC.CF. The van der Waals surface area contributed by atoms with Crippen LogP contribution in [0.25, 0.3) is 0 Å². The Kier molecular flexibility index (Phi) is 8.11. The van der Waals surface area contributed by atoms with Crippen LogP contribution in [0.3, 0.4) is 0 Å². The van der Waals surface area contributed by atoms with Crippen LogP contribution >= 0.6 is 0 Å². The minimum absolute atomic E-state index is 0.159. The van der Waals surface area contributed by atoms with Crippen LogP contribution in [0.2, 0.25) is 0 Å². The highest BCUT2D eigenvalue weighted by Gasteiger charge is 2.31. The monoisotopic (exact) mass is 182 g/mol. The highest BCUT2D eigenvalue weighted by Crippen LogP contribution is 2.16. The maximum atomic E-state index is 12.9. The molecule has 0 amide bonds. The molecule has 0 spiro atoms. The van der Waals surface area contributed by atoms with Crippen LogP contribution in [0.15, 0.2) is 0 Å². The largest absolute Gasteiger partial charge is 0.464 e. The van der Waals surface area contributed by atoms with Crippen molar-refractivity contribution in [2.75, 3.05) is 13.8 Å². The fourth-order valence-corrected chi connectivity index (χ4v) is 0.426. The molecule has 1 atom stereocenters. The van der Waals surface area contributed by atoms with Crippen LogP contribution in [0.4, 0.5) is 8.78 Å². The van der Waals surface area contributed by atoms with Crippen molar-refractivity contribution in [2.24, 2.45) is 0 Å². The van der Waals surface area contributed by atoms with Gasteiger partial charge in [0, 0.05) is 0 Å². The van der Waals surface area contributed by atoms with Gasteiger partial charge in [0.25, 0.3) is 0 Å². The lowest BCUT2D eigenvalue weighted by Gasteiger charge is -2.14. The molecule has 0 rings (SSSR count). The van der Waals surface area contributed by atoms with Gasteiger partial charge >= 0.3 is 5.97 Å². The van der Waals surface area contributed by atoms with Gasteiger partial charge in [-0.1, -0.05) is 6.92 Å². The van der Waals surface area contributed by atoms with Crippen molar-refractivity contribution >= 4 is 5.97 Å². The van der Waals surface area contributed by atoms with Gasteiger partial charge in [-0.3, -0.25) is 4.39 Å². The average molecular weight is 182 g/mol. The Bertz CT molecular complexity index is 124. The normalized spacial score (nSPS) is 13.8. The van der Waals surface area contributed by atoms with Gasteiger partial charge < -0.3 is 4.74 Å². The van der Waals surface area contributed by atoms with Gasteiger partial charge in [0.1, 0.15) is 0 Å². The van der Waals surface area contributed by atoms with Crippen LogP contribution in [-0.2, 0) is 9.53 Å². The Labute approximate surface area is 71.9 Å². The lowest BCUT2D eigenvalue weighted by molar-refractivity contribution is -0.156. The van der Waals surface area contributed by atoms with Crippen LogP contribution in [0, 0.1) is 0 Å². The lowest BCUT2D eigenvalue weighted by atomic mass is 10.1. The summed E-state index contributed by atoms with van der Waals surface area (Å²) in [7, 11) is 0.500. The van der Waals surface area contributed by atoms with Gasteiger partial charge in [0.15, 0.2) is 0 Å². The molecule has 0 aromatic carbocycles. The van der Waals surface area contributed by atoms with E-state index >= 15 is 0 Å². The van der Waals surface area contributed by atoms with Crippen molar-refractivity contribution < 1.29 is 18.3 Å². The molecule has 0 N–H and O–H groups in total. The molecule has 0 radical (unpaired) electrons. The molecule has 0 aliphatic rings. The van der Waals surface area contributed by atoms with E-state index in [9.17, 15) is 13.6 Å². The summed E-state index contributed by atoms with van der Waals surface area (Å²) in [6, 6.07) is 0. The highest BCUT2D eigenvalue weighted by molar-refractivity contribution is 5.78. The topological polar surface area (TPSA) is 26.3 Å². The lowest BCUT2D eigenvalue weighted by Crippen LogP contribution is -2.31. The van der Waals surface area contributed by atoms with Crippen molar-refractivity contribution in [3.05, 3.63) is 0 Å². The third-order valence-corrected chi connectivity index (χ3v) is 1.37. The van der Waals surface area contributed by atoms with Crippen molar-refractivity contribution in [1.82, 2.24) is 0 Å². The second-order valence-corrected chi connectivity index (χ2v) is 2.27. The number of ether oxygens (including phenoxy) is 1. The molecule has 0 aromatic heterocycles. The summed E-state index contributed by atoms with van der Waals surface area (Å²) in [5, 5.41) is 0. The molecule has 0 aromatic rings. The number of hydrogen-bond acceptors (Lipinski definition) is 2. The molecule has 0 saturated carbocycles. The number of rotatable bonds is 3. The van der Waals surface area contributed by atoms with Crippen molar-refractivity contribution in [2.45, 2.75) is 32.9 Å². The zero-order valence-electron chi connectivity index (χ0n) is 7.99. The number of alkyl halides is 2. The molecule has 2 nitrogen and oxygen atoms in total. The summed E-state index contributed by atoms with van der Waals surface area (Å²) < 4.78 is 26.9. The van der Waals surface area contributed by atoms with Gasteiger partial charge in [-0.2, -0.15) is 0 Å². The van der Waals surface area contributed by atoms with Crippen molar-refractivity contribution in [3.63, 3.8) is 0 Å². The molecular formula is C8H16F2O2. The fraction of sp³-hybridized carbons (Fsp3) is 0.875. The summed E-state index contributed by atoms with van der Waals surface area (Å²) in [4.78, 5) is 10.7. The quantitative estimate of drug-likeness (QED) is 0.626. The number of carbonyl (C=O) groups excluding carboxylic acids is 1. The summed E-state index contributed by atoms with van der Waals surface area (Å²) in [5.74, 6) is -0.766. The van der Waals surface area contributed by atoms with E-state index in [1.54, 1.807) is 13.8 Å². The molecule has 0 aliphatic carbocycles. The number of halogens is 2. The number of esters is 1. The second-order valence-electron chi connectivity index (χ2n) is 2.27. The zero-order valence-corrected chi connectivity index (χ0v) is 7.99. The van der Waals surface area contributed by atoms with Crippen LogP contribution in [0.1, 0.15) is 27.2 Å². The van der Waals surface area contributed by atoms with Crippen molar-refractivity contribution in [1.29, 1.82) is 0 Å². The first-order valence-corrected chi connectivity index (χ1v) is 3.78. The molecule has 12 heavy (non-hydrogen) atoms. The van der Waals surface area contributed by atoms with E-state index in [1.807, 2.05) is 0 Å². The molecule has 0 fully saturated rings. The first kappa shape index (κ1) is 13.9. The van der Waals surface area contributed by atoms with Gasteiger partial charge in [0.2, 0.25) is 5.67 Å². The number of carbonyl (C=O) groups is 1. The molecule has 4 heteroatoms. The van der Waals surface area contributed by atoms with E-state index in [0.29, 0.717) is 7.18 Å². The van der Waals surface area contributed by atoms with Crippen LogP contribution in [-0.4, -0.2) is 25.4 Å². The smallest absolute Gasteiger partial charge is 0.343 e. The summed E-state index contributed by atoms with van der Waals surface area (Å²) in [5.41, 5.74) is -1.81. The minimum Gasteiger partial charge on any atom is -0.464 e. The van der Waals surface area contributed by atoms with E-state index in [1.165, 1.54) is 6.92 Å². The van der Waals surface area contributed by atoms with E-state index in [2.05, 4.69) is 4.74 Å². The minimum atomic E-state index is -1.81. The van der Waals surface area contributed by atoms with E-state index in [0.717, 1.165) is 0 Å². The Hall–Kier alpha value is -0.670. The highest BCUT2D eigenvalue weighted by atomic mass is 19.1. The van der Waals surface area contributed by atoms with E-state index in [-0.39, 0.29) is 13.0 Å².